The summed E-state index contributed by atoms with van der Waals surface area (Å²) in [4.78, 5) is 0. The third kappa shape index (κ3) is 2.25. The molecule has 1 aromatic rings. The average molecular weight is 224 g/mol. The van der Waals surface area contributed by atoms with E-state index in [-0.39, 0.29) is 12.2 Å². The van der Waals surface area contributed by atoms with Gasteiger partial charge in [0.2, 0.25) is 0 Å². The zero-order valence-electron chi connectivity index (χ0n) is 9.19. The van der Waals surface area contributed by atoms with E-state index in [4.69, 9.17) is 0 Å². The van der Waals surface area contributed by atoms with Crippen molar-refractivity contribution in [2.75, 3.05) is 0 Å². The second-order valence-corrected chi connectivity index (χ2v) is 4.62. The molecule has 2 nitrogen and oxygen atoms in total. The standard InChI is InChI=1S/C13H17FO2/c14-11-6-2-1-5-10(11)9-12(15)13(16)7-3-4-8-13/h1-2,5-6,12,15-16H,3-4,7-9H2. The Balaban J connectivity index is 2.07. The van der Waals surface area contributed by atoms with E-state index < -0.39 is 11.7 Å². The smallest absolute Gasteiger partial charge is 0.126 e. The van der Waals surface area contributed by atoms with Gasteiger partial charge in [0.15, 0.2) is 0 Å². The third-order valence-electron chi connectivity index (χ3n) is 3.46. The van der Waals surface area contributed by atoms with Crippen LogP contribution in [0.25, 0.3) is 0 Å². The molecule has 1 aliphatic rings. The van der Waals surface area contributed by atoms with Gasteiger partial charge < -0.3 is 10.2 Å². The summed E-state index contributed by atoms with van der Waals surface area (Å²) in [6, 6.07) is 6.39. The van der Waals surface area contributed by atoms with Crippen LogP contribution in [0.2, 0.25) is 0 Å². The van der Waals surface area contributed by atoms with Crippen molar-refractivity contribution in [2.24, 2.45) is 0 Å². The molecule has 0 saturated heterocycles. The first-order valence-corrected chi connectivity index (χ1v) is 5.76. The van der Waals surface area contributed by atoms with Gasteiger partial charge in [-0.3, -0.25) is 0 Å². The first-order chi connectivity index (χ1) is 7.62. The Hall–Kier alpha value is -0.930. The second-order valence-electron chi connectivity index (χ2n) is 4.62. The largest absolute Gasteiger partial charge is 0.390 e. The van der Waals surface area contributed by atoms with E-state index in [1.165, 1.54) is 6.07 Å². The maximum Gasteiger partial charge on any atom is 0.126 e. The minimum atomic E-state index is -1.01. The number of hydrogen-bond donors (Lipinski definition) is 2. The molecule has 1 aliphatic carbocycles. The fourth-order valence-electron chi connectivity index (χ4n) is 2.38. The van der Waals surface area contributed by atoms with Crippen molar-refractivity contribution in [3.63, 3.8) is 0 Å². The summed E-state index contributed by atoms with van der Waals surface area (Å²) < 4.78 is 13.4. The molecule has 1 aromatic carbocycles. The van der Waals surface area contributed by atoms with Gasteiger partial charge in [0.25, 0.3) is 0 Å². The van der Waals surface area contributed by atoms with Crippen LogP contribution in [0.3, 0.4) is 0 Å². The predicted octanol–water partition coefficient (Wildman–Crippen LogP) is 2.03. The lowest BCUT2D eigenvalue weighted by molar-refractivity contribution is -0.0691. The van der Waals surface area contributed by atoms with Gasteiger partial charge in [-0.1, -0.05) is 31.0 Å². The lowest BCUT2D eigenvalue weighted by atomic mass is 9.90. The summed E-state index contributed by atoms with van der Waals surface area (Å²) >= 11 is 0. The molecular weight excluding hydrogens is 207 g/mol. The molecule has 1 fully saturated rings. The fourth-order valence-corrected chi connectivity index (χ4v) is 2.38. The lowest BCUT2D eigenvalue weighted by Gasteiger charge is -2.28. The first-order valence-electron chi connectivity index (χ1n) is 5.76. The molecule has 0 bridgehead atoms. The van der Waals surface area contributed by atoms with Crippen LogP contribution < -0.4 is 0 Å². The first kappa shape index (κ1) is 11.6. The van der Waals surface area contributed by atoms with E-state index in [9.17, 15) is 14.6 Å². The van der Waals surface area contributed by atoms with Crippen molar-refractivity contribution < 1.29 is 14.6 Å². The summed E-state index contributed by atoms with van der Waals surface area (Å²) in [6.07, 6.45) is 2.41. The van der Waals surface area contributed by atoms with Crippen LogP contribution in [-0.4, -0.2) is 21.9 Å². The second kappa shape index (κ2) is 4.52. The van der Waals surface area contributed by atoms with Gasteiger partial charge in [-0.15, -0.1) is 0 Å². The molecule has 88 valence electrons. The van der Waals surface area contributed by atoms with Crippen LogP contribution in [0.15, 0.2) is 24.3 Å². The Morgan fingerprint density at radius 2 is 1.88 bits per heavy atom. The zero-order valence-corrected chi connectivity index (χ0v) is 9.19. The molecule has 16 heavy (non-hydrogen) atoms. The molecule has 0 spiro atoms. The highest BCUT2D eigenvalue weighted by Crippen LogP contribution is 2.33. The van der Waals surface area contributed by atoms with Crippen LogP contribution in [0.1, 0.15) is 31.2 Å². The van der Waals surface area contributed by atoms with Crippen LogP contribution in [0.5, 0.6) is 0 Å². The SMILES string of the molecule is OC(Cc1ccccc1F)C1(O)CCCC1. The molecule has 0 aliphatic heterocycles. The van der Waals surface area contributed by atoms with E-state index >= 15 is 0 Å². The molecule has 0 heterocycles. The Morgan fingerprint density at radius 3 is 2.50 bits per heavy atom. The third-order valence-corrected chi connectivity index (χ3v) is 3.46. The molecule has 2 rings (SSSR count). The highest BCUT2D eigenvalue weighted by atomic mass is 19.1. The molecule has 1 atom stereocenters. The molecule has 1 unspecified atom stereocenters. The molecular formula is C13H17FO2. The van der Waals surface area contributed by atoms with Crippen molar-refractivity contribution in [2.45, 2.75) is 43.8 Å². The maximum absolute atomic E-state index is 13.4. The molecule has 0 amide bonds. The van der Waals surface area contributed by atoms with E-state index in [0.717, 1.165) is 12.8 Å². The number of halogens is 1. The minimum absolute atomic E-state index is 0.184. The van der Waals surface area contributed by atoms with Crippen LogP contribution in [-0.2, 0) is 6.42 Å². The monoisotopic (exact) mass is 224 g/mol. The van der Waals surface area contributed by atoms with Crippen molar-refractivity contribution in [3.05, 3.63) is 35.6 Å². The topological polar surface area (TPSA) is 40.5 Å². The summed E-state index contributed by atoms with van der Waals surface area (Å²) in [5.74, 6) is -0.317. The van der Waals surface area contributed by atoms with Crippen molar-refractivity contribution in [3.8, 4) is 0 Å². The fraction of sp³-hybridized carbons (Fsp3) is 0.538. The normalized spacial score (nSPS) is 20.9. The van der Waals surface area contributed by atoms with Gasteiger partial charge in [-0.05, 0) is 24.5 Å². The lowest BCUT2D eigenvalue weighted by Crippen LogP contribution is -2.41. The molecule has 0 aromatic heterocycles. The van der Waals surface area contributed by atoms with Gasteiger partial charge in [0.05, 0.1) is 11.7 Å². The van der Waals surface area contributed by atoms with Gasteiger partial charge >= 0.3 is 0 Å². The van der Waals surface area contributed by atoms with Gasteiger partial charge in [-0.25, -0.2) is 4.39 Å². The summed E-state index contributed by atoms with van der Waals surface area (Å²) in [5.41, 5.74) is -0.544. The highest BCUT2D eigenvalue weighted by Gasteiger charge is 2.38. The Labute approximate surface area is 94.7 Å². The Morgan fingerprint density at radius 1 is 1.25 bits per heavy atom. The van der Waals surface area contributed by atoms with Crippen molar-refractivity contribution in [1.29, 1.82) is 0 Å². The van der Waals surface area contributed by atoms with Crippen LogP contribution in [0.4, 0.5) is 4.39 Å². The summed E-state index contributed by atoms with van der Waals surface area (Å²) in [6.45, 7) is 0. The average Bonchev–Trinajstić information content (AvgIpc) is 2.70. The maximum atomic E-state index is 13.4. The van der Waals surface area contributed by atoms with E-state index in [0.29, 0.717) is 18.4 Å². The number of hydrogen-bond acceptors (Lipinski definition) is 2. The quantitative estimate of drug-likeness (QED) is 0.824. The summed E-state index contributed by atoms with van der Waals surface area (Å²) in [7, 11) is 0. The number of aliphatic hydroxyl groups is 2. The summed E-state index contributed by atoms with van der Waals surface area (Å²) in [5, 5.41) is 20.1. The number of benzene rings is 1. The van der Waals surface area contributed by atoms with Gasteiger partial charge in [0.1, 0.15) is 5.82 Å². The Kier molecular flexibility index (Phi) is 3.26. The number of rotatable bonds is 3. The number of aliphatic hydroxyl groups excluding tert-OH is 1. The van der Waals surface area contributed by atoms with Crippen molar-refractivity contribution in [1.82, 2.24) is 0 Å². The zero-order chi connectivity index (χ0) is 11.6. The highest BCUT2D eigenvalue weighted by molar-refractivity contribution is 5.19. The van der Waals surface area contributed by atoms with Gasteiger partial charge in [-0.2, -0.15) is 0 Å². The Bertz CT molecular complexity index is 359. The molecule has 1 saturated carbocycles. The van der Waals surface area contributed by atoms with Gasteiger partial charge in [0, 0.05) is 6.42 Å². The van der Waals surface area contributed by atoms with E-state index in [2.05, 4.69) is 0 Å². The predicted molar refractivity (Wildman–Crippen MR) is 59.5 cm³/mol. The van der Waals surface area contributed by atoms with Crippen molar-refractivity contribution >= 4 is 0 Å². The molecule has 3 heteroatoms. The van der Waals surface area contributed by atoms with Crippen LogP contribution >= 0.6 is 0 Å². The van der Waals surface area contributed by atoms with E-state index in [1.807, 2.05) is 0 Å². The van der Waals surface area contributed by atoms with E-state index in [1.54, 1.807) is 18.2 Å². The molecule has 0 radical (unpaired) electrons. The molecule has 2 N–H and O–H groups in total. The minimum Gasteiger partial charge on any atom is -0.390 e. The van der Waals surface area contributed by atoms with Crippen LogP contribution in [0, 0.1) is 5.82 Å².